The van der Waals surface area contributed by atoms with Gasteiger partial charge in [0.05, 0.1) is 11.2 Å². The molecule has 3 nitrogen and oxygen atoms in total. The standard InChI is InChI=1S/C14H18BrN3/c1-5-10-13(18-14(2,3)4)17-12-9(15)7-6-8-11(12)16-10/h6-8H,5H2,1-4H3,(H,17,18). The maximum Gasteiger partial charge on any atom is 0.148 e. The first kappa shape index (κ1) is 13.3. The van der Waals surface area contributed by atoms with Crippen LogP contribution in [-0.4, -0.2) is 15.5 Å². The summed E-state index contributed by atoms with van der Waals surface area (Å²) in [6, 6.07) is 5.97. The number of para-hydroxylation sites is 1. The molecule has 1 aromatic carbocycles. The summed E-state index contributed by atoms with van der Waals surface area (Å²) >= 11 is 3.53. The second-order valence-corrected chi connectivity index (χ2v) is 6.21. The van der Waals surface area contributed by atoms with Crippen molar-refractivity contribution in [3.63, 3.8) is 0 Å². The number of hydrogen-bond acceptors (Lipinski definition) is 3. The molecule has 18 heavy (non-hydrogen) atoms. The van der Waals surface area contributed by atoms with Crippen molar-refractivity contribution in [2.75, 3.05) is 5.32 Å². The Morgan fingerprint density at radius 1 is 1.22 bits per heavy atom. The Hall–Kier alpha value is -1.16. The molecular weight excluding hydrogens is 290 g/mol. The summed E-state index contributed by atoms with van der Waals surface area (Å²) in [5, 5.41) is 3.43. The van der Waals surface area contributed by atoms with Gasteiger partial charge in [-0.3, -0.25) is 0 Å². The zero-order valence-electron chi connectivity index (χ0n) is 11.2. The van der Waals surface area contributed by atoms with Gasteiger partial charge in [0.1, 0.15) is 11.3 Å². The summed E-state index contributed by atoms with van der Waals surface area (Å²) in [6.07, 6.45) is 0.869. The van der Waals surface area contributed by atoms with E-state index in [2.05, 4.69) is 53.9 Å². The molecule has 0 bridgehead atoms. The Morgan fingerprint density at radius 3 is 2.56 bits per heavy atom. The van der Waals surface area contributed by atoms with E-state index in [1.165, 1.54) is 0 Å². The van der Waals surface area contributed by atoms with Gasteiger partial charge in [0, 0.05) is 10.0 Å². The normalized spacial score (nSPS) is 11.8. The molecule has 0 aliphatic heterocycles. The first-order valence-corrected chi connectivity index (χ1v) is 6.93. The Morgan fingerprint density at radius 2 is 1.94 bits per heavy atom. The zero-order valence-corrected chi connectivity index (χ0v) is 12.8. The van der Waals surface area contributed by atoms with E-state index < -0.39 is 0 Å². The third-order valence-electron chi connectivity index (χ3n) is 2.55. The number of halogens is 1. The molecule has 2 aromatic rings. The smallest absolute Gasteiger partial charge is 0.148 e. The van der Waals surface area contributed by atoms with E-state index in [0.29, 0.717) is 0 Å². The van der Waals surface area contributed by atoms with Crippen molar-refractivity contribution in [3.05, 3.63) is 28.4 Å². The lowest BCUT2D eigenvalue weighted by atomic mass is 10.1. The summed E-state index contributed by atoms with van der Waals surface area (Å²) < 4.78 is 0.979. The summed E-state index contributed by atoms with van der Waals surface area (Å²) in [6.45, 7) is 8.47. The van der Waals surface area contributed by atoms with Crippen LogP contribution in [0.4, 0.5) is 5.82 Å². The maximum atomic E-state index is 4.71. The van der Waals surface area contributed by atoms with Crippen molar-refractivity contribution in [3.8, 4) is 0 Å². The zero-order chi connectivity index (χ0) is 13.3. The van der Waals surface area contributed by atoms with Gasteiger partial charge in [0.15, 0.2) is 0 Å². The monoisotopic (exact) mass is 307 g/mol. The van der Waals surface area contributed by atoms with Crippen molar-refractivity contribution in [2.45, 2.75) is 39.7 Å². The van der Waals surface area contributed by atoms with Crippen LogP contribution >= 0.6 is 15.9 Å². The van der Waals surface area contributed by atoms with Crippen LogP contribution in [0, 0.1) is 0 Å². The molecule has 1 heterocycles. The summed E-state index contributed by atoms with van der Waals surface area (Å²) in [4.78, 5) is 9.39. The van der Waals surface area contributed by atoms with Gasteiger partial charge in [-0.1, -0.05) is 13.0 Å². The topological polar surface area (TPSA) is 37.8 Å². The van der Waals surface area contributed by atoms with E-state index >= 15 is 0 Å². The lowest BCUT2D eigenvalue weighted by Gasteiger charge is -2.23. The van der Waals surface area contributed by atoms with E-state index in [0.717, 1.165) is 33.4 Å². The van der Waals surface area contributed by atoms with Crippen molar-refractivity contribution in [1.29, 1.82) is 0 Å². The van der Waals surface area contributed by atoms with E-state index in [1.54, 1.807) is 0 Å². The van der Waals surface area contributed by atoms with Crippen LogP contribution in [0.3, 0.4) is 0 Å². The minimum absolute atomic E-state index is 0.0203. The van der Waals surface area contributed by atoms with Crippen LogP contribution in [0.15, 0.2) is 22.7 Å². The van der Waals surface area contributed by atoms with Crippen LogP contribution in [0.5, 0.6) is 0 Å². The highest BCUT2D eigenvalue weighted by Crippen LogP contribution is 2.25. The number of nitrogens with zero attached hydrogens (tertiary/aromatic N) is 2. The SMILES string of the molecule is CCc1nc2cccc(Br)c2nc1NC(C)(C)C. The van der Waals surface area contributed by atoms with Crippen LogP contribution in [0.1, 0.15) is 33.4 Å². The van der Waals surface area contributed by atoms with E-state index in [9.17, 15) is 0 Å². The largest absolute Gasteiger partial charge is 0.364 e. The molecule has 0 fully saturated rings. The Balaban J connectivity index is 2.60. The van der Waals surface area contributed by atoms with Gasteiger partial charge in [-0.15, -0.1) is 0 Å². The molecule has 96 valence electrons. The highest BCUT2D eigenvalue weighted by atomic mass is 79.9. The van der Waals surface area contributed by atoms with E-state index in [1.807, 2.05) is 18.2 Å². The van der Waals surface area contributed by atoms with Crippen molar-refractivity contribution < 1.29 is 0 Å². The minimum atomic E-state index is -0.0203. The van der Waals surface area contributed by atoms with Crippen molar-refractivity contribution in [1.82, 2.24) is 9.97 Å². The van der Waals surface area contributed by atoms with Crippen molar-refractivity contribution >= 4 is 32.8 Å². The van der Waals surface area contributed by atoms with E-state index in [-0.39, 0.29) is 5.54 Å². The third kappa shape index (κ3) is 2.80. The average molecular weight is 308 g/mol. The predicted octanol–water partition coefficient (Wildman–Crippen LogP) is 4.17. The molecule has 1 N–H and O–H groups in total. The van der Waals surface area contributed by atoms with Gasteiger partial charge >= 0.3 is 0 Å². The second kappa shape index (κ2) is 4.84. The molecule has 0 spiro atoms. The van der Waals surface area contributed by atoms with Crippen LogP contribution in [-0.2, 0) is 6.42 Å². The minimum Gasteiger partial charge on any atom is -0.364 e. The molecule has 4 heteroatoms. The van der Waals surface area contributed by atoms with Gasteiger partial charge < -0.3 is 5.32 Å². The molecule has 2 rings (SSSR count). The van der Waals surface area contributed by atoms with Gasteiger partial charge in [-0.25, -0.2) is 9.97 Å². The molecule has 0 unspecified atom stereocenters. The molecular formula is C14H18BrN3. The quantitative estimate of drug-likeness (QED) is 0.905. The fraction of sp³-hybridized carbons (Fsp3) is 0.429. The molecule has 0 amide bonds. The predicted molar refractivity (Wildman–Crippen MR) is 80.0 cm³/mol. The van der Waals surface area contributed by atoms with Crippen LogP contribution in [0.2, 0.25) is 0 Å². The fourth-order valence-corrected chi connectivity index (χ4v) is 2.23. The number of anilines is 1. The highest BCUT2D eigenvalue weighted by Gasteiger charge is 2.15. The number of nitrogens with one attached hydrogen (secondary N) is 1. The number of rotatable bonds is 2. The Labute approximate surface area is 116 Å². The maximum absolute atomic E-state index is 4.71. The molecule has 0 aliphatic rings. The first-order chi connectivity index (χ1) is 8.40. The number of benzene rings is 1. The average Bonchev–Trinajstić information content (AvgIpc) is 2.27. The number of fused-ring (bicyclic) bond motifs is 1. The summed E-state index contributed by atoms with van der Waals surface area (Å²) in [5.74, 6) is 0.879. The summed E-state index contributed by atoms with van der Waals surface area (Å²) in [5.41, 5.74) is 2.82. The number of hydrogen-bond donors (Lipinski definition) is 1. The lowest BCUT2D eigenvalue weighted by Crippen LogP contribution is -2.27. The Kier molecular flexibility index (Phi) is 3.57. The lowest BCUT2D eigenvalue weighted by molar-refractivity contribution is 0.628. The van der Waals surface area contributed by atoms with Crippen LogP contribution in [0.25, 0.3) is 11.0 Å². The van der Waals surface area contributed by atoms with Gasteiger partial charge in [-0.05, 0) is 55.3 Å². The summed E-state index contributed by atoms with van der Waals surface area (Å²) in [7, 11) is 0. The molecule has 0 saturated carbocycles. The molecule has 0 radical (unpaired) electrons. The highest BCUT2D eigenvalue weighted by molar-refractivity contribution is 9.10. The van der Waals surface area contributed by atoms with Crippen molar-refractivity contribution in [2.24, 2.45) is 0 Å². The third-order valence-corrected chi connectivity index (χ3v) is 3.19. The number of aryl methyl sites for hydroxylation is 1. The molecule has 1 aromatic heterocycles. The first-order valence-electron chi connectivity index (χ1n) is 6.14. The molecule has 0 aliphatic carbocycles. The molecule has 0 atom stereocenters. The van der Waals surface area contributed by atoms with Gasteiger partial charge in [0.25, 0.3) is 0 Å². The Bertz CT molecular complexity index is 573. The fourth-order valence-electron chi connectivity index (χ4n) is 1.78. The molecule has 0 saturated heterocycles. The van der Waals surface area contributed by atoms with E-state index in [4.69, 9.17) is 4.98 Å². The van der Waals surface area contributed by atoms with Gasteiger partial charge in [-0.2, -0.15) is 0 Å². The van der Waals surface area contributed by atoms with Crippen LogP contribution < -0.4 is 5.32 Å². The second-order valence-electron chi connectivity index (χ2n) is 5.36. The van der Waals surface area contributed by atoms with Gasteiger partial charge in [0.2, 0.25) is 0 Å². The number of aromatic nitrogens is 2.